The Morgan fingerprint density at radius 3 is 2.64 bits per heavy atom. The molecule has 0 radical (unpaired) electrons. The molecule has 1 saturated heterocycles. The summed E-state index contributed by atoms with van der Waals surface area (Å²) < 4.78 is 34.5. The number of aromatic nitrogens is 1. The number of carbonyl (C=O) groups is 2. The van der Waals surface area contributed by atoms with E-state index in [2.05, 4.69) is 15.0 Å². The number of amides is 2. The molecule has 5 rings (SSSR count). The van der Waals surface area contributed by atoms with E-state index in [1.54, 1.807) is 11.0 Å². The molecule has 1 atom stereocenters. The third-order valence-electron chi connectivity index (χ3n) is 6.39. The minimum atomic E-state index is -3.95. The van der Waals surface area contributed by atoms with Gasteiger partial charge >= 0.3 is 0 Å². The van der Waals surface area contributed by atoms with Crippen LogP contribution in [0.3, 0.4) is 0 Å². The van der Waals surface area contributed by atoms with Gasteiger partial charge in [-0.3, -0.25) is 9.59 Å². The zero-order valence-corrected chi connectivity index (χ0v) is 20.3. The first-order valence-electron chi connectivity index (χ1n) is 11.0. The van der Waals surface area contributed by atoms with Crippen LogP contribution in [0, 0.1) is 12.8 Å². The van der Waals surface area contributed by atoms with Crippen molar-refractivity contribution < 1.29 is 22.7 Å². The Balaban J connectivity index is 1.60. The first-order chi connectivity index (χ1) is 15.6. The second-order valence-corrected chi connectivity index (χ2v) is 11.7. The zero-order valence-electron chi connectivity index (χ0n) is 18.7. The zero-order chi connectivity index (χ0) is 23.5. The maximum Gasteiger partial charge on any atom is 0.256 e. The predicted octanol–water partition coefficient (Wildman–Crippen LogP) is 2.51. The number of carbonyl (C=O) groups excluding carboxylic acids is 2. The molecule has 1 aromatic carbocycles. The van der Waals surface area contributed by atoms with Crippen LogP contribution in [0.4, 0.5) is 5.13 Å². The van der Waals surface area contributed by atoms with Crippen molar-refractivity contribution in [1.29, 1.82) is 0 Å². The van der Waals surface area contributed by atoms with E-state index < -0.39 is 10.0 Å². The molecule has 3 heterocycles. The Morgan fingerprint density at radius 1 is 1.30 bits per heavy atom. The fourth-order valence-electron chi connectivity index (χ4n) is 4.40. The summed E-state index contributed by atoms with van der Waals surface area (Å²) in [5.74, 6) is 0.00730. The average Bonchev–Trinajstić information content (AvgIpc) is 3.43. The molecule has 2 N–H and O–H groups in total. The van der Waals surface area contributed by atoms with Crippen LogP contribution in [0.1, 0.15) is 48.3 Å². The Morgan fingerprint density at radius 2 is 2.03 bits per heavy atom. The normalized spacial score (nSPS) is 19.4. The number of hydrogen-bond acceptors (Lipinski definition) is 7. The van der Waals surface area contributed by atoms with Gasteiger partial charge < -0.3 is 15.0 Å². The highest BCUT2D eigenvalue weighted by Crippen LogP contribution is 2.42. The van der Waals surface area contributed by atoms with E-state index in [9.17, 15) is 18.0 Å². The molecule has 0 spiro atoms. The maximum atomic E-state index is 13.4. The van der Waals surface area contributed by atoms with Crippen molar-refractivity contribution in [3.63, 3.8) is 0 Å². The number of ether oxygens (including phenoxy) is 1. The lowest BCUT2D eigenvalue weighted by molar-refractivity contribution is -0.114. The Bertz CT molecular complexity index is 1250. The van der Waals surface area contributed by atoms with Gasteiger partial charge in [0, 0.05) is 19.5 Å². The lowest BCUT2D eigenvalue weighted by Crippen LogP contribution is -2.48. The van der Waals surface area contributed by atoms with Gasteiger partial charge in [0.15, 0.2) is 5.13 Å². The number of hydrogen-bond donors (Lipinski definition) is 2. The first-order valence-corrected chi connectivity index (χ1v) is 13.3. The molecule has 1 aliphatic carbocycles. The molecule has 2 fully saturated rings. The molecule has 9 nitrogen and oxygen atoms in total. The second-order valence-electron chi connectivity index (χ2n) is 8.99. The van der Waals surface area contributed by atoms with Crippen molar-refractivity contribution in [2.24, 2.45) is 5.92 Å². The summed E-state index contributed by atoms with van der Waals surface area (Å²) in [5, 5.41) is 3.13. The number of rotatable bonds is 7. The topological polar surface area (TPSA) is 118 Å². The van der Waals surface area contributed by atoms with Crippen LogP contribution in [-0.4, -0.2) is 55.4 Å². The standard InChI is InChI=1S/C22H26N4O5S2/c1-11-20(32-22(23-11)24-13(3)27)15-6-16-8-26(12(2)14-4-5-14)21(28)19(16)18(7-15)33(29,30)25-17-9-31-10-17/h6-7,12,14,17,25H,4-5,8-10H2,1-3H3,(H,23,24,27)/t12-/m0/s1. The highest BCUT2D eigenvalue weighted by molar-refractivity contribution is 7.89. The maximum absolute atomic E-state index is 13.4. The Labute approximate surface area is 196 Å². The van der Waals surface area contributed by atoms with Gasteiger partial charge in [0.05, 0.1) is 40.3 Å². The smallest absolute Gasteiger partial charge is 0.256 e. The lowest BCUT2D eigenvalue weighted by Gasteiger charge is -2.27. The van der Waals surface area contributed by atoms with E-state index >= 15 is 0 Å². The molecule has 0 bridgehead atoms. The van der Waals surface area contributed by atoms with Crippen molar-refractivity contribution in [3.05, 3.63) is 29.0 Å². The molecule has 2 amide bonds. The summed E-state index contributed by atoms with van der Waals surface area (Å²) in [4.78, 5) is 31.8. The van der Waals surface area contributed by atoms with Crippen molar-refractivity contribution in [2.45, 2.75) is 57.1 Å². The minimum Gasteiger partial charge on any atom is -0.378 e. The van der Waals surface area contributed by atoms with Crippen LogP contribution in [-0.2, 0) is 26.1 Å². The highest BCUT2D eigenvalue weighted by Gasteiger charge is 2.42. The SMILES string of the molecule is CC(=O)Nc1nc(C)c(-c2cc3c(c(S(=O)(=O)NC4COC4)c2)C(=O)N([C@@H](C)C2CC2)C3)s1. The van der Waals surface area contributed by atoms with Crippen LogP contribution in [0.5, 0.6) is 0 Å². The summed E-state index contributed by atoms with van der Waals surface area (Å²) in [6.45, 7) is 6.27. The molecule has 0 unspecified atom stereocenters. The number of nitrogens with one attached hydrogen (secondary N) is 2. The molecule has 2 aliphatic heterocycles. The van der Waals surface area contributed by atoms with Crippen LogP contribution >= 0.6 is 11.3 Å². The first kappa shape index (κ1) is 22.5. The average molecular weight is 491 g/mol. The number of aryl methyl sites for hydroxylation is 1. The number of sulfonamides is 1. The highest BCUT2D eigenvalue weighted by atomic mass is 32.2. The van der Waals surface area contributed by atoms with Crippen LogP contribution in [0.15, 0.2) is 17.0 Å². The van der Waals surface area contributed by atoms with Gasteiger partial charge in [-0.05, 0) is 55.9 Å². The second kappa shape index (κ2) is 8.15. The van der Waals surface area contributed by atoms with E-state index in [4.69, 9.17) is 4.74 Å². The molecule has 3 aliphatic rings. The third-order valence-corrected chi connectivity index (χ3v) is 9.05. The molecule has 1 aromatic heterocycles. The van der Waals surface area contributed by atoms with Crippen LogP contribution in [0.2, 0.25) is 0 Å². The van der Waals surface area contributed by atoms with Crippen molar-refractivity contribution >= 4 is 38.3 Å². The van der Waals surface area contributed by atoms with Gasteiger partial charge in [-0.1, -0.05) is 11.3 Å². The summed E-state index contributed by atoms with van der Waals surface area (Å²) in [5.41, 5.74) is 2.30. The molecule has 33 heavy (non-hydrogen) atoms. The van der Waals surface area contributed by atoms with E-state index in [1.807, 2.05) is 19.9 Å². The lowest BCUT2D eigenvalue weighted by atomic mass is 10.0. The number of anilines is 1. The van der Waals surface area contributed by atoms with Gasteiger partial charge in [-0.25, -0.2) is 18.1 Å². The summed E-state index contributed by atoms with van der Waals surface area (Å²) in [6, 6.07) is 3.20. The monoisotopic (exact) mass is 490 g/mol. The van der Waals surface area contributed by atoms with Crippen LogP contribution in [0.25, 0.3) is 10.4 Å². The van der Waals surface area contributed by atoms with E-state index in [1.165, 1.54) is 18.3 Å². The quantitative estimate of drug-likeness (QED) is 0.616. The fraction of sp³-hybridized carbons (Fsp3) is 0.500. The van der Waals surface area contributed by atoms with Gasteiger partial charge in [-0.2, -0.15) is 0 Å². The summed E-state index contributed by atoms with van der Waals surface area (Å²) in [6.07, 6.45) is 2.18. The van der Waals surface area contributed by atoms with E-state index in [0.29, 0.717) is 47.6 Å². The number of benzene rings is 1. The van der Waals surface area contributed by atoms with E-state index in [-0.39, 0.29) is 34.4 Å². The number of thiazole rings is 1. The van der Waals surface area contributed by atoms with Crippen LogP contribution < -0.4 is 10.0 Å². The van der Waals surface area contributed by atoms with Gasteiger partial charge in [0.2, 0.25) is 15.9 Å². The van der Waals surface area contributed by atoms with E-state index in [0.717, 1.165) is 17.7 Å². The molecular weight excluding hydrogens is 464 g/mol. The summed E-state index contributed by atoms with van der Waals surface area (Å²) in [7, 11) is -3.95. The van der Waals surface area contributed by atoms with Gasteiger partial charge in [0.25, 0.3) is 5.91 Å². The van der Waals surface area contributed by atoms with Gasteiger partial charge in [0.1, 0.15) is 0 Å². The Hall–Kier alpha value is -2.34. The predicted molar refractivity (Wildman–Crippen MR) is 124 cm³/mol. The van der Waals surface area contributed by atoms with Crippen molar-refractivity contribution in [1.82, 2.24) is 14.6 Å². The van der Waals surface area contributed by atoms with Crippen molar-refractivity contribution in [3.8, 4) is 10.4 Å². The molecule has 1 saturated carbocycles. The largest absolute Gasteiger partial charge is 0.378 e. The molecular formula is C22H26N4O5S2. The number of fused-ring (bicyclic) bond motifs is 1. The molecule has 2 aromatic rings. The van der Waals surface area contributed by atoms with Gasteiger partial charge in [-0.15, -0.1) is 0 Å². The summed E-state index contributed by atoms with van der Waals surface area (Å²) >= 11 is 1.28. The molecule has 11 heteroatoms. The molecule has 176 valence electrons. The third kappa shape index (κ3) is 4.18. The van der Waals surface area contributed by atoms with Crippen molar-refractivity contribution in [2.75, 3.05) is 18.5 Å². The number of nitrogens with zero attached hydrogens (tertiary/aromatic N) is 2. The minimum absolute atomic E-state index is 0.00808. The fourth-order valence-corrected chi connectivity index (χ4v) is 6.87. The Kier molecular flexibility index (Phi) is 5.55.